The van der Waals surface area contributed by atoms with Crippen LogP contribution in [0.4, 0.5) is 4.79 Å². The fourth-order valence-electron chi connectivity index (χ4n) is 5.67. The molecule has 1 amide bonds. The first-order chi connectivity index (χ1) is 16.9. The van der Waals surface area contributed by atoms with Crippen molar-refractivity contribution in [1.29, 1.82) is 0 Å². The highest BCUT2D eigenvalue weighted by Crippen LogP contribution is 2.69. The van der Waals surface area contributed by atoms with Crippen molar-refractivity contribution in [3.05, 3.63) is 83.4 Å². The molecule has 4 atom stereocenters. The van der Waals surface area contributed by atoms with Crippen LogP contribution in [0.5, 0.6) is 23.0 Å². The highest BCUT2D eigenvalue weighted by Gasteiger charge is 2.75. The second-order valence-corrected chi connectivity index (χ2v) is 8.66. The van der Waals surface area contributed by atoms with Crippen molar-refractivity contribution in [2.24, 2.45) is 5.73 Å². The van der Waals surface area contributed by atoms with Gasteiger partial charge < -0.3 is 34.5 Å². The minimum atomic E-state index is -1.83. The van der Waals surface area contributed by atoms with Crippen molar-refractivity contribution < 1.29 is 33.6 Å². The van der Waals surface area contributed by atoms with E-state index >= 15 is 0 Å². The molecular weight excluding hydrogens is 450 g/mol. The molecule has 0 unspecified atom stereocenters. The lowest BCUT2D eigenvalue weighted by Gasteiger charge is -2.41. The fourth-order valence-corrected chi connectivity index (χ4v) is 5.67. The summed E-state index contributed by atoms with van der Waals surface area (Å²) in [6.45, 7) is 0. The molecule has 0 aromatic heterocycles. The van der Waals surface area contributed by atoms with Crippen LogP contribution in [0.15, 0.2) is 66.7 Å². The topological polar surface area (TPSA) is 109 Å². The number of carbonyl (C=O) groups excluding carboxylic acids is 1. The Labute approximate surface area is 203 Å². The Balaban J connectivity index is 1.83. The summed E-state index contributed by atoms with van der Waals surface area (Å²) in [5, 5.41) is 12.7. The van der Waals surface area contributed by atoms with Crippen molar-refractivity contribution in [3.8, 4) is 23.0 Å². The molecule has 1 saturated carbocycles. The van der Waals surface area contributed by atoms with Gasteiger partial charge in [-0.1, -0.05) is 42.5 Å². The van der Waals surface area contributed by atoms with E-state index in [1.165, 1.54) is 14.2 Å². The van der Waals surface area contributed by atoms with Crippen LogP contribution in [0.25, 0.3) is 0 Å². The minimum absolute atomic E-state index is 0.268. The molecule has 2 aliphatic rings. The number of amides is 1. The van der Waals surface area contributed by atoms with E-state index in [4.69, 9.17) is 29.4 Å². The Morgan fingerprint density at radius 2 is 1.66 bits per heavy atom. The van der Waals surface area contributed by atoms with E-state index in [2.05, 4.69) is 0 Å². The number of benzene rings is 3. The lowest BCUT2D eigenvalue weighted by molar-refractivity contribution is -0.150. The smallest absolute Gasteiger partial charge is 0.404 e. The van der Waals surface area contributed by atoms with E-state index in [-0.39, 0.29) is 6.42 Å². The number of nitrogens with two attached hydrogens (primary N) is 1. The largest absolute Gasteiger partial charge is 0.497 e. The van der Waals surface area contributed by atoms with Crippen molar-refractivity contribution in [3.63, 3.8) is 0 Å². The van der Waals surface area contributed by atoms with Crippen LogP contribution in [0.2, 0.25) is 0 Å². The number of carbonyl (C=O) groups is 1. The summed E-state index contributed by atoms with van der Waals surface area (Å²) in [4.78, 5) is 12.0. The lowest BCUT2D eigenvalue weighted by Crippen LogP contribution is -2.53. The van der Waals surface area contributed by atoms with Crippen molar-refractivity contribution in [2.75, 3.05) is 21.3 Å². The molecule has 3 N–H and O–H groups in total. The molecule has 3 aromatic carbocycles. The number of aliphatic hydroxyl groups is 1. The number of hydrogen-bond acceptors (Lipinski definition) is 7. The van der Waals surface area contributed by atoms with Gasteiger partial charge >= 0.3 is 6.09 Å². The summed E-state index contributed by atoms with van der Waals surface area (Å²) in [6.07, 6.45) is -1.73. The number of ether oxygens (including phenoxy) is 5. The van der Waals surface area contributed by atoms with Crippen LogP contribution >= 0.6 is 0 Å². The molecular formula is C27H27NO7. The molecule has 8 heteroatoms. The predicted octanol–water partition coefficient (Wildman–Crippen LogP) is 3.84. The average molecular weight is 478 g/mol. The van der Waals surface area contributed by atoms with Crippen molar-refractivity contribution in [1.82, 2.24) is 0 Å². The summed E-state index contributed by atoms with van der Waals surface area (Å²) in [7, 11) is 4.62. The van der Waals surface area contributed by atoms with E-state index in [0.29, 0.717) is 34.1 Å². The van der Waals surface area contributed by atoms with Gasteiger partial charge in [-0.05, 0) is 29.7 Å². The molecule has 1 aliphatic heterocycles. The number of fused-ring (bicyclic) bond motifs is 3. The van der Waals surface area contributed by atoms with Crippen LogP contribution in [0, 0.1) is 0 Å². The molecule has 0 saturated heterocycles. The van der Waals surface area contributed by atoms with Crippen molar-refractivity contribution in [2.45, 2.75) is 29.6 Å². The molecule has 3 aromatic rings. The molecule has 182 valence electrons. The number of primary amides is 1. The zero-order valence-corrected chi connectivity index (χ0v) is 19.7. The van der Waals surface area contributed by atoms with Gasteiger partial charge in [-0.25, -0.2) is 4.79 Å². The summed E-state index contributed by atoms with van der Waals surface area (Å²) in [6, 6.07) is 20.4. The lowest BCUT2D eigenvalue weighted by atomic mass is 9.71. The van der Waals surface area contributed by atoms with Gasteiger partial charge in [-0.3, -0.25) is 0 Å². The maximum Gasteiger partial charge on any atom is 0.404 e. The molecule has 35 heavy (non-hydrogen) atoms. The minimum Gasteiger partial charge on any atom is -0.497 e. The highest BCUT2D eigenvalue weighted by molar-refractivity contribution is 5.67. The van der Waals surface area contributed by atoms with Gasteiger partial charge in [0, 0.05) is 18.1 Å². The average Bonchev–Trinajstić information content (AvgIpc) is 3.29. The zero-order chi connectivity index (χ0) is 24.8. The van der Waals surface area contributed by atoms with Gasteiger partial charge in [0.15, 0.2) is 11.2 Å². The van der Waals surface area contributed by atoms with Gasteiger partial charge in [0.05, 0.1) is 26.9 Å². The summed E-state index contributed by atoms with van der Waals surface area (Å²) in [5.74, 6) is 1.47. The molecule has 8 nitrogen and oxygen atoms in total. The Bertz CT molecular complexity index is 1250. The second-order valence-electron chi connectivity index (χ2n) is 8.66. The van der Waals surface area contributed by atoms with Crippen LogP contribution < -0.4 is 24.7 Å². The van der Waals surface area contributed by atoms with E-state index in [1.807, 2.05) is 42.5 Å². The van der Waals surface area contributed by atoms with Gasteiger partial charge in [-0.15, -0.1) is 0 Å². The monoisotopic (exact) mass is 477 g/mol. The Kier molecular flexibility index (Phi) is 5.48. The Morgan fingerprint density at radius 1 is 0.971 bits per heavy atom. The van der Waals surface area contributed by atoms with E-state index in [0.717, 1.165) is 5.56 Å². The molecule has 0 spiro atoms. The zero-order valence-electron chi connectivity index (χ0n) is 19.7. The second kappa shape index (κ2) is 8.39. The van der Waals surface area contributed by atoms with Crippen LogP contribution in [-0.2, 0) is 15.9 Å². The van der Waals surface area contributed by atoms with Gasteiger partial charge in [-0.2, -0.15) is 0 Å². The maximum atomic E-state index is 12.7. The Hall–Kier alpha value is -3.91. The number of methoxy groups -OCH3 is 3. The SMILES string of the molecule is COc1ccc([C@@]23Oc4cc(OC)cc(OC)c4[C@]2(O)[C@H](OC(N)=O)C[C@H]3c2ccccc2)cc1. The van der Waals surface area contributed by atoms with Crippen LogP contribution in [-0.4, -0.2) is 38.6 Å². The van der Waals surface area contributed by atoms with E-state index in [1.54, 1.807) is 31.4 Å². The summed E-state index contributed by atoms with van der Waals surface area (Å²) >= 11 is 0. The maximum absolute atomic E-state index is 12.7. The normalized spacial score (nSPS) is 26.3. The third-order valence-electron chi connectivity index (χ3n) is 7.10. The van der Waals surface area contributed by atoms with Crippen LogP contribution in [0.3, 0.4) is 0 Å². The summed E-state index contributed by atoms with van der Waals surface area (Å²) < 4.78 is 28.8. The molecule has 1 heterocycles. The van der Waals surface area contributed by atoms with Crippen molar-refractivity contribution >= 4 is 6.09 Å². The molecule has 1 aliphatic carbocycles. The molecule has 0 bridgehead atoms. The van der Waals surface area contributed by atoms with Crippen LogP contribution in [0.1, 0.15) is 29.0 Å². The quantitative estimate of drug-likeness (QED) is 0.555. The Morgan fingerprint density at radius 3 is 2.26 bits per heavy atom. The predicted molar refractivity (Wildman–Crippen MR) is 127 cm³/mol. The summed E-state index contributed by atoms with van der Waals surface area (Å²) in [5.41, 5.74) is 4.24. The first-order valence-corrected chi connectivity index (χ1v) is 11.2. The fraction of sp³-hybridized carbons (Fsp3) is 0.296. The molecule has 1 fully saturated rings. The third kappa shape index (κ3) is 3.20. The molecule has 5 rings (SSSR count). The highest BCUT2D eigenvalue weighted by atomic mass is 16.6. The third-order valence-corrected chi connectivity index (χ3v) is 7.10. The number of rotatable bonds is 6. The van der Waals surface area contributed by atoms with Gasteiger partial charge in [0.2, 0.25) is 0 Å². The van der Waals surface area contributed by atoms with E-state index in [9.17, 15) is 9.90 Å². The number of hydrogen-bond donors (Lipinski definition) is 2. The first-order valence-electron chi connectivity index (χ1n) is 11.2. The van der Waals surface area contributed by atoms with Gasteiger partial charge in [0.25, 0.3) is 0 Å². The van der Waals surface area contributed by atoms with Gasteiger partial charge in [0.1, 0.15) is 29.1 Å². The first kappa shape index (κ1) is 22.9. The standard InChI is InChI=1S/C27H27NO7/c1-31-18-11-9-17(10-12-18)27-20(16-7-5-4-6-8-16)15-23(34-25(28)29)26(27,30)24-21(33-3)13-19(32-2)14-22(24)35-27/h4-14,20,23,30H,15H2,1-3H3,(H2,28,29)/t20-,23+,26+,27-/m0/s1. The molecule has 0 radical (unpaired) electrons. The van der Waals surface area contributed by atoms with E-state index < -0.39 is 29.3 Å².